The molecule has 0 unspecified atom stereocenters. The van der Waals surface area contributed by atoms with Gasteiger partial charge in [0.2, 0.25) is 0 Å². The van der Waals surface area contributed by atoms with Gasteiger partial charge in [-0.3, -0.25) is 4.79 Å². The summed E-state index contributed by atoms with van der Waals surface area (Å²) in [5.41, 5.74) is 4.08. The second-order valence-electron chi connectivity index (χ2n) is 6.78. The maximum Gasteiger partial charge on any atom is 0.255 e. The summed E-state index contributed by atoms with van der Waals surface area (Å²) in [6, 6.07) is 15.1. The van der Waals surface area contributed by atoms with Gasteiger partial charge in [0.05, 0.1) is 18.2 Å². The van der Waals surface area contributed by atoms with Crippen molar-refractivity contribution in [1.29, 1.82) is 0 Å². The van der Waals surface area contributed by atoms with Crippen LogP contribution in [-0.4, -0.2) is 17.6 Å². The van der Waals surface area contributed by atoms with E-state index in [-0.39, 0.29) is 5.91 Å². The molecule has 0 saturated heterocycles. The summed E-state index contributed by atoms with van der Waals surface area (Å²) in [5, 5.41) is 9.76. The molecule has 3 rings (SSSR count). The summed E-state index contributed by atoms with van der Waals surface area (Å²) < 4.78 is 5.91. The molecule has 0 aromatic heterocycles. The third kappa shape index (κ3) is 4.51. The molecule has 28 heavy (non-hydrogen) atoms. The van der Waals surface area contributed by atoms with Gasteiger partial charge in [-0.2, -0.15) is 0 Å². The highest BCUT2D eigenvalue weighted by molar-refractivity contribution is 7.80. The average molecular weight is 396 g/mol. The number of rotatable bonds is 6. The highest BCUT2D eigenvalue weighted by Gasteiger charge is 2.31. The second kappa shape index (κ2) is 8.89. The summed E-state index contributed by atoms with van der Waals surface area (Å²) in [4.78, 5) is 13.1. The molecule has 0 fully saturated rings. The van der Waals surface area contributed by atoms with Crippen molar-refractivity contribution in [1.82, 2.24) is 10.6 Å². The summed E-state index contributed by atoms with van der Waals surface area (Å²) >= 11 is 5.35. The van der Waals surface area contributed by atoms with Gasteiger partial charge in [-0.05, 0) is 50.7 Å². The maximum atomic E-state index is 13.1. The first-order chi connectivity index (χ1) is 13.5. The Morgan fingerprint density at radius 3 is 2.57 bits per heavy atom. The first kappa shape index (κ1) is 19.9. The van der Waals surface area contributed by atoms with E-state index in [2.05, 4.69) is 22.9 Å². The molecule has 0 saturated carbocycles. The maximum absolute atomic E-state index is 13.1. The molecule has 1 heterocycles. The van der Waals surface area contributed by atoms with Crippen LogP contribution in [0.15, 0.2) is 59.8 Å². The molecule has 0 bridgehead atoms. The standard InChI is InChI=1S/C22H25N3O2S/c1-4-13-27-18-8-6-5-7-17(18)20-19(15(3)23-22(28)25-20)21(26)24-16-11-9-14(2)10-12-16/h5-12,20H,4,13H2,1-3H3,(H,24,26)(H2,23,25,28)/t20-/m0/s1. The van der Waals surface area contributed by atoms with Gasteiger partial charge >= 0.3 is 0 Å². The van der Waals surface area contributed by atoms with E-state index in [0.29, 0.717) is 17.3 Å². The zero-order valence-electron chi connectivity index (χ0n) is 16.3. The summed E-state index contributed by atoms with van der Waals surface area (Å²) in [6.07, 6.45) is 0.905. The minimum atomic E-state index is -0.396. The second-order valence-corrected chi connectivity index (χ2v) is 7.18. The van der Waals surface area contributed by atoms with Crippen LogP contribution in [0.25, 0.3) is 0 Å². The van der Waals surface area contributed by atoms with Crippen LogP contribution in [0.1, 0.15) is 37.4 Å². The molecular formula is C22H25N3O2S. The zero-order valence-corrected chi connectivity index (χ0v) is 17.2. The molecule has 1 aliphatic rings. The lowest BCUT2D eigenvalue weighted by atomic mass is 9.94. The van der Waals surface area contributed by atoms with Crippen LogP contribution in [0.5, 0.6) is 5.75 Å². The summed E-state index contributed by atoms with van der Waals surface area (Å²) in [7, 11) is 0. The molecule has 6 heteroatoms. The fraction of sp³-hybridized carbons (Fsp3) is 0.273. The van der Waals surface area contributed by atoms with Crippen LogP contribution >= 0.6 is 12.2 Å². The lowest BCUT2D eigenvalue weighted by molar-refractivity contribution is -0.113. The van der Waals surface area contributed by atoms with Gasteiger partial charge in [-0.1, -0.05) is 42.8 Å². The van der Waals surface area contributed by atoms with E-state index in [1.165, 1.54) is 0 Å². The van der Waals surface area contributed by atoms with Crippen molar-refractivity contribution >= 4 is 28.9 Å². The van der Waals surface area contributed by atoms with Gasteiger partial charge in [0.25, 0.3) is 5.91 Å². The van der Waals surface area contributed by atoms with Gasteiger partial charge in [0, 0.05) is 16.9 Å². The average Bonchev–Trinajstić information content (AvgIpc) is 2.67. The van der Waals surface area contributed by atoms with Crippen LogP contribution in [-0.2, 0) is 4.79 Å². The lowest BCUT2D eigenvalue weighted by Crippen LogP contribution is -2.45. The first-order valence-electron chi connectivity index (χ1n) is 9.37. The third-order valence-electron chi connectivity index (χ3n) is 4.51. The number of ether oxygens (including phenoxy) is 1. The largest absolute Gasteiger partial charge is 0.493 e. The molecule has 0 spiro atoms. The van der Waals surface area contributed by atoms with Crippen LogP contribution in [0.3, 0.4) is 0 Å². The van der Waals surface area contributed by atoms with Crippen molar-refractivity contribution in [2.45, 2.75) is 33.2 Å². The fourth-order valence-corrected chi connectivity index (χ4v) is 3.40. The number of hydrogen-bond acceptors (Lipinski definition) is 3. The Balaban J connectivity index is 1.95. The van der Waals surface area contributed by atoms with Crippen molar-refractivity contribution in [3.63, 3.8) is 0 Å². The van der Waals surface area contributed by atoms with E-state index < -0.39 is 6.04 Å². The van der Waals surface area contributed by atoms with Crippen molar-refractivity contribution in [2.24, 2.45) is 0 Å². The van der Waals surface area contributed by atoms with E-state index in [1.807, 2.05) is 62.4 Å². The number of allylic oxidation sites excluding steroid dienone is 1. The zero-order chi connectivity index (χ0) is 20.1. The molecular weight excluding hydrogens is 370 g/mol. The van der Waals surface area contributed by atoms with E-state index in [9.17, 15) is 4.79 Å². The quantitative estimate of drug-likeness (QED) is 0.640. The number of aryl methyl sites for hydroxylation is 1. The third-order valence-corrected chi connectivity index (χ3v) is 4.73. The molecule has 2 aromatic rings. The van der Waals surface area contributed by atoms with Gasteiger partial charge < -0.3 is 20.7 Å². The van der Waals surface area contributed by atoms with Gasteiger partial charge in [0.15, 0.2) is 5.11 Å². The highest BCUT2D eigenvalue weighted by Crippen LogP contribution is 2.33. The topological polar surface area (TPSA) is 62.4 Å². The predicted octanol–water partition coefficient (Wildman–Crippen LogP) is 4.22. The van der Waals surface area contributed by atoms with Crippen LogP contribution < -0.4 is 20.7 Å². The molecule has 0 aliphatic carbocycles. The summed E-state index contributed by atoms with van der Waals surface area (Å²) in [6.45, 7) is 6.54. The smallest absolute Gasteiger partial charge is 0.255 e. The Morgan fingerprint density at radius 2 is 1.86 bits per heavy atom. The molecule has 1 atom stereocenters. The number of carbonyl (C=O) groups excluding carboxylic acids is 1. The monoisotopic (exact) mass is 395 g/mol. The summed E-state index contributed by atoms with van der Waals surface area (Å²) in [5.74, 6) is 0.569. The number of anilines is 1. The number of carbonyl (C=O) groups is 1. The normalized spacial score (nSPS) is 16.2. The highest BCUT2D eigenvalue weighted by atomic mass is 32.1. The molecule has 146 valence electrons. The van der Waals surface area contributed by atoms with Crippen molar-refractivity contribution in [3.8, 4) is 5.75 Å². The Bertz CT molecular complexity index is 906. The molecule has 3 N–H and O–H groups in total. The van der Waals surface area contributed by atoms with Gasteiger partial charge in [0.1, 0.15) is 5.75 Å². The molecule has 1 amide bonds. The SMILES string of the molecule is CCCOc1ccccc1[C@@H]1NC(=S)NC(C)=C1C(=O)Nc1ccc(C)cc1. The van der Waals surface area contributed by atoms with Crippen LogP contribution in [0, 0.1) is 6.92 Å². The Kier molecular flexibility index (Phi) is 6.31. The number of hydrogen-bond donors (Lipinski definition) is 3. The van der Waals surface area contributed by atoms with Crippen molar-refractivity contribution in [2.75, 3.05) is 11.9 Å². The minimum Gasteiger partial charge on any atom is -0.493 e. The molecule has 5 nitrogen and oxygen atoms in total. The van der Waals surface area contributed by atoms with E-state index in [1.54, 1.807) is 0 Å². The van der Waals surface area contributed by atoms with E-state index in [0.717, 1.165) is 34.7 Å². The molecule has 0 radical (unpaired) electrons. The Labute approximate surface area is 171 Å². The number of para-hydroxylation sites is 1. The number of thiocarbonyl (C=S) groups is 1. The minimum absolute atomic E-state index is 0.181. The van der Waals surface area contributed by atoms with Crippen LogP contribution in [0.4, 0.5) is 5.69 Å². The van der Waals surface area contributed by atoms with Gasteiger partial charge in [-0.15, -0.1) is 0 Å². The lowest BCUT2D eigenvalue weighted by Gasteiger charge is -2.31. The number of nitrogens with one attached hydrogen (secondary N) is 3. The number of amides is 1. The first-order valence-corrected chi connectivity index (χ1v) is 9.78. The van der Waals surface area contributed by atoms with Crippen molar-refractivity contribution in [3.05, 3.63) is 70.9 Å². The molecule has 2 aromatic carbocycles. The Hall–Kier alpha value is -2.86. The van der Waals surface area contributed by atoms with Crippen LogP contribution in [0.2, 0.25) is 0 Å². The van der Waals surface area contributed by atoms with E-state index >= 15 is 0 Å². The van der Waals surface area contributed by atoms with E-state index in [4.69, 9.17) is 17.0 Å². The molecule has 1 aliphatic heterocycles. The van der Waals surface area contributed by atoms with Gasteiger partial charge in [-0.25, -0.2) is 0 Å². The fourth-order valence-electron chi connectivity index (χ4n) is 3.13. The predicted molar refractivity (Wildman–Crippen MR) is 116 cm³/mol. The Morgan fingerprint density at radius 1 is 1.14 bits per heavy atom. The van der Waals surface area contributed by atoms with Crippen molar-refractivity contribution < 1.29 is 9.53 Å². The number of benzene rings is 2.